The summed E-state index contributed by atoms with van der Waals surface area (Å²) in [5, 5.41) is 3.33. The zero-order chi connectivity index (χ0) is 13.9. The summed E-state index contributed by atoms with van der Waals surface area (Å²) in [7, 11) is 0. The summed E-state index contributed by atoms with van der Waals surface area (Å²) in [5.74, 6) is 1.23. The lowest BCUT2D eigenvalue weighted by Crippen LogP contribution is -2.35. The van der Waals surface area contributed by atoms with Crippen molar-refractivity contribution in [2.75, 3.05) is 13.1 Å². The summed E-state index contributed by atoms with van der Waals surface area (Å²) < 4.78 is 5.74. The lowest BCUT2D eigenvalue weighted by Gasteiger charge is -2.38. The molecule has 1 aliphatic carbocycles. The third-order valence-corrected chi connectivity index (χ3v) is 4.56. The van der Waals surface area contributed by atoms with Crippen LogP contribution in [0.2, 0.25) is 0 Å². The normalized spacial score (nSPS) is 31.9. The smallest absolute Gasteiger partial charge is 0.306 e. The van der Waals surface area contributed by atoms with Gasteiger partial charge in [-0.1, -0.05) is 20.8 Å². The number of rotatable bonds is 3. The standard InChI is InChI=1S/C16H29NO2/c1-12-8-14(11-16(2,3)10-12)19-15(18)9-13-4-6-17-7-5-13/h12-14,17H,4-11H2,1-3H3. The topological polar surface area (TPSA) is 38.3 Å². The number of ether oxygens (including phenoxy) is 1. The molecule has 0 spiro atoms. The molecule has 1 N–H and O–H groups in total. The fraction of sp³-hybridized carbons (Fsp3) is 0.938. The maximum Gasteiger partial charge on any atom is 0.306 e. The minimum absolute atomic E-state index is 0.0294. The molecule has 0 aromatic carbocycles. The second-order valence-corrected chi connectivity index (χ2v) is 7.42. The minimum atomic E-state index is 0.0294. The van der Waals surface area contributed by atoms with Gasteiger partial charge in [-0.2, -0.15) is 0 Å². The highest BCUT2D eigenvalue weighted by atomic mass is 16.5. The molecule has 0 bridgehead atoms. The zero-order valence-electron chi connectivity index (χ0n) is 12.7. The van der Waals surface area contributed by atoms with Gasteiger partial charge < -0.3 is 10.1 Å². The Kier molecular flexibility index (Phi) is 4.88. The lowest BCUT2D eigenvalue weighted by atomic mass is 9.71. The van der Waals surface area contributed by atoms with Gasteiger partial charge in [0.05, 0.1) is 0 Å². The van der Waals surface area contributed by atoms with Crippen molar-refractivity contribution in [2.24, 2.45) is 17.3 Å². The van der Waals surface area contributed by atoms with Crippen LogP contribution in [-0.2, 0) is 9.53 Å². The van der Waals surface area contributed by atoms with E-state index < -0.39 is 0 Å². The first-order chi connectivity index (χ1) is 8.94. The predicted octanol–water partition coefficient (Wildman–Crippen LogP) is 3.13. The van der Waals surface area contributed by atoms with Crippen LogP contribution in [0.1, 0.15) is 59.3 Å². The van der Waals surface area contributed by atoms with E-state index in [-0.39, 0.29) is 12.1 Å². The molecule has 2 atom stereocenters. The van der Waals surface area contributed by atoms with E-state index in [2.05, 4.69) is 26.1 Å². The van der Waals surface area contributed by atoms with Crippen molar-refractivity contribution in [1.82, 2.24) is 5.32 Å². The van der Waals surface area contributed by atoms with Crippen LogP contribution < -0.4 is 5.32 Å². The number of carbonyl (C=O) groups excluding carboxylic acids is 1. The van der Waals surface area contributed by atoms with Crippen molar-refractivity contribution >= 4 is 5.97 Å². The molecule has 2 aliphatic rings. The Morgan fingerprint density at radius 3 is 2.58 bits per heavy atom. The minimum Gasteiger partial charge on any atom is -0.462 e. The third kappa shape index (κ3) is 4.79. The monoisotopic (exact) mass is 267 g/mol. The molecule has 0 aromatic rings. The Morgan fingerprint density at radius 1 is 1.26 bits per heavy atom. The first-order valence-electron chi connectivity index (χ1n) is 7.85. The van der Waals surface area contributed by atoms with Crippen LogP contribution in [0, 0.1) is 17.3 Å². The molecule has 0 radical (unpaired) electrons. The zero-order valence-corrected chi connectivity index (χ0v) is 12.7. The van der Waals surface area contributed by atoms with Gasteiger partial charge in [-0.3, -0.25) is 4.79 Å². The summed E-state index contributed by atoms with van der Waals surface area (Å²) in [6.45, 7) is 8.94. The molecule has 2 unspecified atom stereocenters. The summed E-state index contributed by atoms with van der Waals surface area (Å²) in [6, 6.07) is 0. The van der Waals surface area contributed by atoms with Crippen molar-refractivity contribution in [1.29, 1.82) is 0 Å². The van der Waals surface area contributed by atoms with E-state index in [0.29, 0.717) is 23.7 Å². The molecule has 0 aromatic heterocycles. The molecule has 1 heterocycles. The largest absolute Gasteiger partial charge is 0.462 e. The van der Waals surface area contributed by atoms with Crippen LogP contribution in [0.4, 0.5) is 0 Å². The molecular formula is C16H29NO2. The van der Waals surface area contributed by atoms with E-state index in [4.69, 9.17) is 4.74 Å². The molecule has 1 saturated heterocycles. The van der Waals surface area contributed by atoms with Gasteiger partial charge in [0.25, 0.3) is 0 Å². The fourth-order valence-electron chi connectivity index (χ4n) is 3.90. The Hall–Kier alpha value is -0.570. The number of piperidine rings is 1. The Morgan fingerprint density at radius 2 is 1.95 bits per heavy atom. The summed E-state index contributed by atoms with van der Waals surface area (Å²) >= 11 is 0. The van der Waals surface area contributed by atoms with E-state index in [1.807, 2.05) is 0 Å². The molecule has 19 heavy (non-hydrogen) atoms. The predicted molar refractivity (Wildman–Crippen MR) is 76.9 cm³/mol. The lowest BCUT2D eigenvalue weighted by molar-refractivity contribution is -0.154. The van der Waals surface area contributed by atoms with E-state index in [0.717, 1.165) is 38.8 Å². The Labute approximate surface area is 117 Å². The van der Waals surface area contributed by atoms with Crippen LogP contribution in [0.25, 0.3) is 0 Å². The van der Waals surface area contributed by atoms with Gasteiger partial charge in [0, 0.05) is 6.42 Å². The molecule has 2 rings (SSSR count). The van der Waals surface area contributed by atoms with Crippen molar-refractivity contribution < 1.29 is 9.53 Å². The van der Waals surface area contributed by atoms with E-state index in [1.165, 1.54) is 6.42 Å². The van der Waals surface area contributed by atoms with Gasteiger partial charge in [-0.05, 0) is 62.4 Å². The van der Waals surface area contributed by atoms with Gasteiger partial charge in [0.2, 0.25) is 0 Å². The fourth-order valence-corrected chi connectivity index (χ4v) is 3.90. The third-order valence-electron chi connectivity index (χ3n) is 4.56. The average molecular weight is 267 g/mol. The first kappa shape index (κ1) is 14.8. The Balaban J connectivity index is 1.78. The van der Waals surface area contributed by atoms with Gasteiger partial charge in [0.1, 0.15) is 6.10 Å². The van der Waals surface area contributed by atoms with Crippen LogP contribution in [0.3, 0.4) is 0 Å². The van der Waals surface area contributed by atoms with E-state index in [9.17, 15) is 4.79 Å². The van der Waals surface area contributed by atoms with Crippen molar-refractivity contribution in [3.63, 3.8) is 0 Å². The maximum absolute atomic E-state index is 12.1. The molecular weight excluding hydrogens is 238 g/mol. The van der Waals surface area contributed by atoms with Crippen LogP contribution in [0.15, 0.2) is 0 Å². The molecule has 2 fully saturated rings. The number of esters is 1. The van der Waals surface area contributed by atoms with Crippen molar-refractivity contribution in [3.05, 3.63) is 0 Å². The summed E-state index contributed by atoms with van der Waals surface area (Å²) in [6.07, 6.45) is 6.30. The second kappa shape index (κ2) is 6.25. The van der Waals surface area contributed by atoms with Gasteiger partial charge in [-0.15, -0.1) is 0 Å². The maximum atomic E-state index is 12.1. The number of carbonyl (C=O) groups is 1. The van der Waals surface area contributed by atoms with Crippen LogP contribution >= 0.6 is 0 Å². The van der Waals surface area contributed by atoms with Gasteiger partial charge in [-0.25, -0.2) is 0 Å². The SMILES string of the molecule is CC1CC(OC(=O)CC2CCNCC2)CC(C)(C)C1. The van der Waals surface area contributed by atoms with Gasteiger partial charge >= 0.3 is 5.97 Å². The van der Waals surface area contributed by atoms with Crippen molar-refractivity contribution in [3.8, 4) is 0 Å². The highest BCUT2D eigenvalue weighted by Gasteiger charge is 2.34. The molecule has 1 saturated carbocycles. The number of hydrogen-bond donors (Lipinski definition) is 1. The highest BCUT2D eigenvalue weighted by Crippen LogP contribution is 2.39. The molecule has 3 nitrogen and oxygen atoms in total. The average Bonchev–Trinajstić information content (AvgIpc) is 2.26. The summed E-state index contributed by atoms with van der Waals surface area (Å²) in [5.41, 5.74) is 0.317. The Bertz CT molecular complexity index is 308. The van der Waals surface area contributed by atoms with Gasteiger partial charge in [0.15, 0.2) is 0 Å². The number of hydrogen-bond acceptors (Lipinski definition) is 3. The first-order valence-corrected chi connectivity index (χ1v) is 7.85. The van der Waals surface area contributed by atoms with Crippen LogP contribution in [0.5, 0.6) is 0 Å². The second-order valence-electron chi connectivity index (χ2n) is 7.42. The summed E-state index contributed by atoms with van der Waals surface area (Å²) in [4.78, 5) is 12.1. The highest BCUT2D eigenvalue weighted by molar-refractivity contribution is 5.69. The van der Waals surface area contributed by atoms with E-state index >= 15 is 0 Å². The van der Waals surface area contributed by atoms with E-state index in [1.54, 1.807) is 0 Å². The molecule has 110 valence electrons. The molecule has 1 aliphatic heterocycles. The quantitative estimate of drug-likeness (QED) is 0.798. The number of nitrogens with one attached hydrogen (secondary N) is 1. The van der Waals surface area contributed by atoms with Crippen LogP contribution in [-0.4, -0.2) is 25.2 Å². The molecule has 0 amide bonds. The molecule has 3 heteroatoms. The van der Waals surface area contributed by atoms with Crippen molar-refractivity contribution in [2.45, 2.75) is 65.4 Å².